The Morgan fingerprint density at radius 3 is 0.929 bits per heavy atom. The van der Waals surface area contributed by atoms with Gasteiger partial charge in [0.2, 0.25) is 0 Å². The highest BCUT2D eigenvalue weighted by Crippen LogP contribution is 2.25. The second-order valence-corrected chi connectivity index (χ2v) is 22.4. The van der Waals surface area contributed by atoms with E-state index in [1.807, 2.05) is 20.8 Å². The van der Waals surface area contributed by atoms with Crippen LogP contribution in [0.25, 0.3) is 0 Å². The van der Waals surface area contributed by atoms with E-state index in [-0.39, 0.29) is 11.5 Å². The molecule has 0 nitrogen and oxygen atoms in total. The van der Waals surface area contributed by atoms with Crippen LogP contribution in [0.15, 0.2) is 133 Å². The Bertz CT molecular complexity index is 2130. The van der Waals surface area contributed by atoms with Gasteiger partial charge in [0.05, 0.1) is 0 Å². The molecule has 6 aromatic rings. The Labute approximate surface area is 434 Å². The lowest BCUT2D eigenvalue weighted by Gasteiger charge is -2.15. The van der Waals surface area contributed by atoms with Crippen LogP contribution in [-0.2, 0) is 25.7 Å². The Balaban J connectivity index is 0.000000420. The minimum Gasteiger partial charge on any atom is -0.207 e. The molecule has 0 fully saturated rings. The summed E-state index contributed by atoms with van der Waals surface area (Å²) >= 11 is 6.00. The van der Waals surface area contributed by atoms with E-state index < -0.39 is 11.6 Å². The van der Waals surface area contributed by atoms with Gasteiger partial charge in [-0.25, -0.2) is 8.78 Å². The maximum atomic E-state index is 13.0. The predicted molar refractivity (Wildman–Crippen MR) is 308 cm³/mol. The van der Waals surface area contributed by atoms with Crippen molar-refractivity contribution in [3.8, 4) is 0 Å². The predicted octanol–water partition coefficient (Wildman–Crippen LogP) is 20.9. The molecule has 2 atom stereocenters. The Morgan fingerprint density at radius 2 is 0.643 bits per heavy atom. The van der Waals surface area contributed by atoms with E-state index in [4.69, 9.17) is 11.6 Å². The van der Waals surface area contributed by atoms with Crippen molar-refractivity contribution in [2.24, 2.45) is 35.5 Å². The van der Waals surface area contributed by atoms with E-state index in [9.17, 15) is 8.78 Å². The first-order valence-electron chi connectivity index (χ1n) is 26.2. The quantitative estimate of drug-likeness (QED) is 0.115. The number of hydrogen-bond acceptors (Lipinski definition) is 0. The normalized spacial score (nSPS) is 11.6. The van der Waals surface area contributed by atoms with Crippen LogP contribution in [0.1, 0.15) is 170 Å². The van der Waals surface area contributed by atoms with Gasteiger partial charge in [-0.1, -0.05) is 246 Å². The van der Waals surface area contributed by atoms with Gasteiger partial charge in [0.15, 0.2) is 0 Å². The summed E-state index contributed by atoms with van der Waals surface area (Å²) in [4.78, 5) is 0. The largest absolute Gasteiger partial charge is 0.207 e. The van der Waals surface area contributed by atoms with E-state index in [0.29, 0.717) is 24.2 Å². The molecule has 0 aliphatic rings. The third-order valence-corrected chi connectivity index (χ3v) is 12.7. The lowest BCUT2D eigenvalue weighted by Crippen LogP contribution is -2.01. The molecular weight excluding hydrogens is 878 g/mol. The molecule has 0 aliphatic heterocycles. The van der Waals surface area contributed by atoms with Gasteiger partial charge in [0, 0.05) is 10.6 Å². The molecule has 0 aliphatic carbocycles. The molecule has 6 rings (SSSR count). The summed E-state index contributed by atoms with van der Waals surface area (Å²) in [5, 5.41) is 0.883. The van der Waals surface area contributed by atoms with Gasteiger partial charge in [-0.3, -0.25) is 0 Å². The van der Waals surface area contributed by atoms with Crippen molar-refractivity contribution < 1.29 is 8.78 Å². The van der Waals surface area contributed by atoms with E-state index in [1.165, 1.54) is 81.1 Å². The summed E-state index contributed by atoms with van der Waals surface area (Å²) in [7, 11) is 0. The lowest BCUT2D eigenvalue weighted by molar-refractivity contribution is 0.525. The van der Waals surface area contributed by atoms with Crippen molar-refractivity contribution in [3.05, 3.63) is 211 Å². The van der Waals surface area contributed by atoms with Crippen molar-refractivity contribution in [1.82, 2.24) is 0 Å². The molecule has 0 spiro atoms. The SMILES string of the molecule is CC(C)Cc1c(F)cccc1F.Cc1ccc(C(C)C(C)C)cc1.Cc1ccc(C(C)C(C)C)cc1.Cc1ccc(CC(C)C)cc1.Cc1ccc(CC(C)C)cc1.Cc1ccc(CC(C)C)cc1Cl. The number of rotatable bonds is 12. The molecule has 0 radical (unpaired) electrons. The van der Waals surface area contributed by atoms with Gasteiger partial charge in [0.1, 0.15) is 11.6 Å². The molecule has 2 unspecified atom stereocenters. The molecule has 0 heterocycles. The van der Waals surface area contributed by atoms with Crippen molar-refractivity contribution >= 4 is 11.6 Å². The minimum atomic E-state index is -0.441. The average Bonchev–Trinajstić information content (AvgIpc) is 3.28. The van der Waals surface area contributed by atoms with Crippen molar-refractivity contribution in [3.63, 3.8) is 0 Å². The second kappa shape index (κ2) is 33.9. The first kappa shape index (κ1) is 63.5. The Morgan fingerprint density at radius 1 is 0.357 bits per heavy atom. The van der Waals surface area contributed by atoms with E-state index in [1.54, 1.807) is 0 Å². The standard InChI is InChI=1S/2C12H18.C11H15Cl.2C11H16.C10H12F2/c2*1-9(2)11(4)12-7-5-10(3)6-8-12;1-8(2)6-10-5-4-9(3)11(12)7-10;2*1-9(2)8-11-6-4-10(3)5-7-11;1-7(2)6-8-9(11)4-3-5-10(8)12/h2*5-9,11H,1-4H3;4-5,7-8H,6H2,1-3H3;2*4-7,9H,8H2,1-3H3;3-5,7H,6H2,1-2H3. The first-order chi connectivity index (χ1) is 32.8. The van der Waals surface area contributed by atoms with Crippen LogP contribution in [0.4, 0.5) is 8.78 Å². The summed E-state index contributed by atoms with van der Waals surface area (Å²) < 4.78 is 25.9. The van der Waals surface area contributed by atoms with Crippen LogP contribution in [0.2, 0.25) is 5.02 Å². The maximum Gasteiger partial charge on any atom is 0.129 e. The summed E-state index contributed by atoms with van der Waals surface area (Å²) in [6.07, 6.45) is 3.96. The van der Waals surface area contributed by atoms with Gasteiger partial charge in [-0.2, -0.15) is 0 Å². The van der Waals surface area contributed by atoms with E-state index in [2.05, 4.69) is 226 Å². The third-order valence-electron chi connectivity index (χ3n) is 12.3. The van der Waals surface area contributed by atoms with Gasteiger partial charge < -0.3 is 0 Å². The van der Waals surface area contributed by atoms with Gasteiger partial charge in [-0.15, -0.1) is 0 Å². The van der Waals surface area contributed by atoms with Crippen LogP contribution < -0.4 is 0 Å². The van der Waals surface area contributed by atoms with Gasteiger partial charge in [-0.05, 0) is 159 Å². The fraction of sp³-hybridized carbons (Fsp3) is 0.463. The second-order valence-electron chi connectivity index (χ2n) is 22.0. The fourth-order valence-electron chi connectivity index (χ4n) is 7.27. The smallest absolute Gasteiger partial charge is 0.129 e. The molecule has 0 bridgehead atoms. The Kier molecular flexibility index (Phi) is 30.8. The molecule has 0 saturated carbocycles. The highest BCUT2D eigenvalue weighted by molar-refractivity contribution is 6.31. The first-order valence-corrected chi connectivity index (χ1v) is 26.6. The van der Waals surface area contributed by atoms with Crippen LogP contribution in [0.5, 0.6) is 0 Å². The molecule has 70 heavy (non-hydrogen) atoms. The highest BCUT2D eigenvalue weighted by atomic mass is 35.5. The van der Waals surface area contributed by atoms with Crippen LogP contribution in [-0.4, -0.2) is 0 Å². The number of benzene rings is 6. The zero-order valence-electron chi connectivity index (χ0n) is 47.3. The highest BCUT2D eigenvalue weighted by Gasteiger charge is 2.11. The van der Waals surface area contributed by atoms with Crippen molar-refractivity contribution in [1.29, 1.82) is 0 Å². The summed E-state index contributed by atoms with van der Waals surface area (Å²) in [6, 6.07) is 45.6. The monoisotopic (exact) mass is 973 g/mol. The zero-order valence-corrected chi connectivity index (χ0v) is 48.0. The summed E-state index contributed by atoms with van der Waals surface area (Å²) in [6.45, 7) is 41.5. The topological polar surface area (TPSA) is 0 Å². The lowest BCUT2D eigenvalue weighted by atomic mass is 9.90. The molecule has 0 N–H and O–H groups in total. The summed E-state index contributed by atoms with van der Waals surface area (Å²) in [5.74, 6) is 4.42. The van der Waals surface area contributed by atoms with E-state index >= 15 is 0 Å². The van der Waals surface area contributed by atoms with Crippen LogP contribution >= 0.6 is 11.6 Å². The third kappa shape index (κ3) is 27.8. The maximum absolute atomic E-state index is 13.0. The average molecular weight is 974 g/mol. The van der Waals surface area contributed by atoms with Crippen LogP contribution in [0, 0.1) is 81.8 Å². The zero-order chi connectivity index (χ0) is 53.1. The fourth-order valence-corrected chi connectivity index (χ4v) is 7.47. The number of aryl methyl sites for hydroxylation is 5. The Hall–Kier alpha value is -4.53. The van der Waals surface area contributed by atoms with E-state index in [0.717, 1.165) is 40.7 Å². The molecule has 3 heteroatoms. The minimum absolute atomic E-state index is 0.201. The molecular formula is C67H95ClF2. The van der Waals surface area contributed by atoms with Gasteiger partial charge in [0.25, 0.3) is 0 Å². The van der Waals surface area contributed by atoms with Crippen molar-refractivity contribution in [2.45, 2.75) is 169 Å². The molecule has 0 aromatic heterocycles. The molecule has 0 saturated heterocycles. The number of hydrogen-bond donors (Lipinski definition) is 0. The van der Waals surface area contributed by atoms with Crippen LogP contribution in [0.3, 0.4) is 0 Å². The summed E-state index contributed by atoms with van der Waals surface area (Å²) in [5.41, 5.74) is 13.9. The van der Waals surface area contributed by atoms with Gasteiger partial charge >= 0.3 is 0 Å². The molecule has 6 aromatic carbocycles. The molecule has 0 amide bonds. The number of halogens is 3. The van der Waals surface area contributed by atoms with Crippen molar-refractivity contribution in [2.75, 3.05) is 0 Å². The molecule has 384 valence electrons.